The van der Waals surface area contributed by atoms with Crippen molar-refractivity contribution in [3.8, 4) is 11.5 Å². The van der Waals surface area contributed by atoms with Gasteiger partial charge in [-0.1, -0.05) is 115 Å². The molecule has 0 radical (unpaired) electrons. The Hall–Kier alpha value is -6.08. The van der Waals surface area contributed by atoms with Crippen molar-refractivity contribution < 1.29 is 76.9 Å². The van der Waals surface area contributed by atoms with Gasteiger partial charge in [-0.3, -0.25) is 14.4 Å². The summed E-state index contributed by atoms with van der Waals surface area (Å²) in [6.45, 7) is 22.7. The molecule has 18 nitrogen and oxygen atoms in total. The first-order valence-electron chi connectivity index (χ1n) is 27.5. The minimum Gasteiger partial charge on any atom is -0.490 e. The zero-order valence-electron chi connectivity index (χ0n) is 49.3. The highest BCUT2D eigenvalue weighted by molar-refractivity contribution is 5.87. The number of rotatable bonds is 39. The Morgan fingerprint density at radius 2 is 0.962 bits per heavy atom. The summed E-state index contributed by atoms with van der Waals surface area (Å²) >= 11 is 0. The van der Waals surface area contributed by atoms with Crippen molar-refractivity contribution in [2.24, 2.45) is 16.7 Å². The molecule has 2 rings (SSSR count). The van der Waals surface area contributed by atoms with Crippen LogP contribution in [0.3, 0.4) is 0 Å². The predicted molar refractivity (Wildman–Crippen MR) is 307 cm³/mol. The summed E-state index contributed by atoms with van der Waals surface area (Å²) in [6, 6.07) is 18.8. The predicted octanol–water partition coefficient (Wildman–Crippen LogP) is 9.16. The van der Waals surface area contributed by atoms with Gasteiger partial charge < -0.3 is 57.9 Å². The van der Waals surface area contributed by atoms with Gasteiger partial charge in [-0.25, -0.2) is 14.4 Å². The zero-order chi connectivity index (χ0) is 59.7. The molecule has 3 atom stereocenters. The van der Waals surface area contributed by atoms with Crippen LogP contribution < -0.4 is 9.47 Å². The fourth-order valence-electron chi connectivity index (χ4n) is 7.12. The van der Waals surface area contributed by atoms with E-state index in [9.17, 15) is 28.8 Å². The van der Waals surface area contributed by atoms with Crippen LogP contribution in [-0.2, 0) is 57.2 Å². The number of carbonyl (C=O) groups excluding carboxylic acids is 6. The van der Waals surface area contributed by atoms with Gasteiger partial charge in [-0.2, -0.15) is 0 Å². The minimum absolute atomic E-state index is 0.0211. The number of benzene rings is 2. The molecule has 0 aliphatic rings. The van der Waals surface area contributed by atoms with Crippen LogP contribution in [0.1, 0.15) is 118 Å². The van der Waals surface area contributed by atoms with Crippen molar-refractivity contribution in [1.29, 1.82) is 0 Å². The molecule has 79 heavy (non-hydrogen) atoms. The van der Waals surface area contributed by atoms with E-state index in [1.54, 1.807) is 6.92 Å². The van der Waals surface area contributed by atoms with Gasteiger partial charge in [0.1, 0.15) is 64.4 Å². The molecular weight excluding hydrogens is 1020 g/mol. The topological polar surface area (TPSA) is 223 Å². The largest absolute Gasteiger partial charge is 0.490 e. The van der Waals surface area contributed by atoms with E-state index >= 15 is 0 Å². The first kappa shape index (κ1) is 75.0. The molecule has 0 spiro atoms. The summed E-state index contributed by atoms with van der Waals surface area (Å²) in [5.41, 5.74) is -0.615. The SMILES string of the molecule is C=C(C)C(=O)OCCN(C)C.C=CC(=O)OCCO.C=CC(=O)OCCOc1ccccc1.CCCC(C)(CCCCCC(CCCCCC(C)(CC)C(=O)OCCO)C(=O)OCCOc1ccccc1)C(=O)OCCN(C)C. The van der Waals surface area contributed by atoms with Gasteiger partial charge in [0.2, 0.25) is 0 Å². The molecule has 0 aliphatic heterocycles. The maximum atomic E-state index is 13.1. The normalized spacial score (nSPS) is 12.3. The third-order valence-corrected chi connectivity index (χ3v) is 12.0. The molecular formula is C61H98N2O16. The quantitative estimate of drug-likeness (QED) is 0.0275. The molecule has 2 aromatic rings. The molecule has 18 heteroatoms. The molecule has 0 aromatic heterocycles. The fraction of sp³-hybridized carbons (Fsp3) is 0.607. The van der Waals surface area contributed by atoms with Gasteiger partial charge >= 0.3 is 35.8 Å². The molecule has 0 saturated heterocycles. The van der Waals surface area contributed by atoms with Crippen LogP contribution in [0, 0.1) is 16.7 Å². The summed E-state index contributed by atoms with van der Waals surface area (Å²) in [5.74, 6) is -0.512. The Bertz CT molecular complexity index is 1960. The van der Waals surface area contributed by atoms with E-state index in [1.165, 1.54) is 0 Å². The third-order valence-electron chi connectivity index (χ3n) is 12.0. The highest BCUT2D eigenvalue weighted by Crippen LogP contribution is 2.33. The number of esters is 6. The summed E-state index contributed by atoms with van der Waals surface area (Å²) in [4.78, 5) is 74.0. The minimum atomic E-state index is -0.572. The molecule has 0 aliphatic carbocycles. The van der Waals surface area contributed by atoms with Crippen molar-refractivity contribution in [2.45, 2.75) is 118 Å². The molecule has 0 fully saturated rings. The Morgan fingerprint density at radius 3 is 1.39 bits per heavy atom. The second kappa shape index (κ2) is 47.9. The number of carbonyl (C=O) groups is 6. The average molecular weight is 1120 g/mol. The molecule has 0 heterocycles. The zero-order valence-corrected chi connectivity index (χ0v) is 49.3. The van der Waals surface area contributed by atoms with Gasteiger partial charge in [-0.05, 0) is 112 Å². The number of nitrogens with zero attached hydrogens (tertiary/aromatic N) is 2. The highest BCUT2D eigenvalue weighted by Gasteiger charge is 2.34. The summed E-state index contributed by atoms with van der Waals surface area (Å²) in [7, 11) is 7.77. The van der Waals surface area contributed by atoms with Gasteiger partial charge in [-0.15, -0.1) is 0 Å². The standard InChI is InChI=1S/C37H63NO8.C11H12O3.C8H15NO2.C5H8O3/c1-7-22-37(4,35(42)45-27-25-38(5)6)24-17-11-13-19-31(33(40)44-30-29-43-32-20-14-9-15-21-32)18-12-10-16-23-36(3,8-2)34(41)46-28-26-39;1-2-11(12)14-9-8-13-10-6-4-3-5-7-10;1-7(2)8(10)11-6-5-9(3)4;1-2-5(7)8-4-3-6/h9,14-15,20-21,31,39H,7-8,10-13,16-19,22-30H2,1-6H3;2-7H,1,8-9H2;1,5-6H2,2-4H3;2,6H,1,3-4H2. The lowest BCUT2D eigenvalue weighted by Gasteiger charge is -2.27. The number of para-hydroxylation sites is 2. The lowest BCUT2D eigenvalue weighted by Crippen LogP contribution is -2.32. The van der Waals surface area contributed by atoms with E-state index < -0.39 is 22.8 Å². The number of hydrogen-bond donors (Lipinski definition) is 2. The Labute approximate surface area is 472 Å². The van der Waals surface area contributed by atoms with Gasteiger partial charge in [0.05, 0.1) is 30.0 Å². The van der Waals surface area contributed by atoms with Crippen molar-refractivity contribution in [3.63, 3.8) is 0 Å². The lowest BCUT2D eigenvalue weighted by molar-refractivity contribution is -0.157. The number of aliphatic hydroxyl groups is 2. The molecule has 0 amide bonds. The molecule has 3 unspecified atom stereocenters. The smallest absolute Gasteiger partial charge is 0.333 e. The maximum absolute atomic E-state index is 13.1. The number of aliphatic hydroxyl groups excluding tert-OH is 2. The highest BCUT2D eigenvalue weighted by atomic mass is 16.6. The molecule has 0 saturated carbocycles. The van der Waals surface area contributed by atoms with Crippen LogP contribution in [0.2, 0.25) is 0 Å². The summed E-state index contributed by atoms with van der Waals surface area (Å²) in [6.07, 6.45) is 12.8. The Balaban J connectivity index is 0. The third kappa shape index (κ3) is 40.7. The molecule has 2 aromatic carbocycles. The van der Waals surface area contributed by atoms with E-state index in [0.29, 0.717) is 51.4 Å². The van der Waals surface area contributed by atoms with Crippen molar-refractivity contribution >= 4 is 35.8 Å². The molecule has 0 bridgehead atoms. The number of ether oxygens (including phenoxy) is 8. The van der Waals surface area contributed by atoms with E-state index in [2.05, 4.69) is 31.4 Å². The first-order chi connectivity index (χ1) is 37.7. The van der Waals surface area contributed by atoms with E-state index in [4.69, 9.17) is 43.4 Å². The summed E-state index contributed by atoms with van der Waals surface area (Å²) in [5, 5.41) is 17.1. The van der Waals surface area contributed by atoms with Crippen molar-refractivity contribution in [3.05, 3.63) is 98.1 Å². The second-order valence-corrected chi connectivity index (χ2v) is 19.6. The second-order valence-electron chi connectivity index (χ2n) is 19.6. The number of hydrogen-bond acceptors (Lipinski definition) is 18. The van der Waals surface area contributed by atoms with Gasteiger partial charge in [0.15, 0.2) is 0 Å². The average Bonchev–Trinajstić information content (AvgIpc) is 3.44. The Morgan fingerprint density at radius 1 is 0.544 bits per heavy atom. The monoisotopic (exact) mass is 1110 g/mol. The van der Waals surface area contributed by atoms with Crippen molar-refractivity contribution in [2.75, 3.05) is 107 Å². The van der Waals surface area contributed by atoms with E-state index in [-0.39, 0.29) is 69.4 Å². The fourth-order valence-corrected chi connectivity index (χ4v) is 7.12. The summed E-state index contributed by atoms with van der Waals surface area (Å²) < 4.78 is 41.3. The van der Waals surface area contributed by atoms with Crippen LogP contribution in [0.5, 0.6) is 11.5 Å². The molecule has 2 N–H and O–H groups in total. The van der Waals surface area contributed by atoms with Gasteiger partial charge in [0.25, 0.3) is 0 Å². The van der Waals surface area contributed by atoms with Crippen LogP contribution in [-0.4, -0.2) is 163 Å². The number of unbranched alkanes of at least 4 members (excludes halogenated alkanes) is 4. The van der Waals surface area contributed by atoms with Crippen LogP contribution in [0.4, 0.5) is 0 Å². The van der Waals surface area contributed by atoms with Crippen LogP contribution >= 0.6 is 0 Å². The molecule has 448 valence electrons. The van der Waals surface area contributed by atoms with Crippen LogP contribution in [0.25, 0.3) is 0 Å². The van der Waals surface area contributed by atoms with Crippen molar-refractivity contribution in [1.82, 2.24) is 9.80 Å². The van der Waals surface area contributed by atoms with Crippen LogP contribution in [0.15, 0.2) is 98.1 Å². The lowest BCUT2D eigenvalue weighted by atomic mass is 9.80. The Kier molecular flexibility index (Phi) is 45.4. The maximum Gasteiger partial charge on any atom is 0.333 e. The van der Waals surface area contributed by atoms with E-state index in [1.807, 2.05) is 119 Å². The van der Waals surface area contributed by atoms with E-state index in [0.717, 1.165) is 101 Å². The first-order valence-corrected chi connectivity index (χ1v) is 27.5. The number of likely N-dealkylation sites (N-methyl/N-ethyl adjacent to an activating group) is 2. The van der Waals surface area contributed by atoms with Gasteiger partial charge in [0, 0.05) is 30.8 Å².